The van der Waals surface area contributed by atoms with Crippen LogP contribution in [0, 0.1) is 0 Å². The Balaban J connectivity index is 1.65. The number of hydrogen-bond donors (Lipinski definition) is 2. The summed E-state index contributed by atoms with van der Waals surface area (Å²) >= 11 is 11.7. The maximum absolute atomic E-state index is 6.20. The normalized spacial score (nSPS) is 20.1. The third-order valence-corrected chi connectivity index (χ3v) is 4.89. The van der Waals surface area contributed by atoms with Gasteiger partial charge in [-0.1, -0.05) is 18.5 Å². The van der Waals surface area contributed by atoms with E-state index in [9.17, 15) is 0 Å². The average Bonchev–Trinajstić information content (AvgIpc) is 2.60. The zero-order chi connectivity index (χ0) is 16.2. The van der Waals surface area contributed by atoms with Gasteiger partial charge < -0.3 is 15.1 Å². The Hall–Kier alpha value is -1.44. The van der Waals surface area contributed by atoms with Crippen molar-refractivity contribution in [3.05, 3.63) is 23.0 Å². The quantitative estimate of drug-likeness (QED) is 0.625. The SMILES string of the molecule is CCN1CCN(C(=S)N/N=C2/CCNc3c(Cl)ccnc32)CC1. The molecule has 0 atom stereocenters. The van der Waals surface area contributed by atoms with Gasteiger partial charge in [-0.2, -0.15) is 5.10 Å². The van der Waals surface area contributed by atoms with Gasteiger partial charge in [0.15, 0.2) is 5.11 Å². The average molecular weight is 353 g/mol. The molecule has 23 heavy (non-hydrogen) atoms. The van der Waals surface area contributed by atoms with Gasteiger partial charge >= 0.3 is 0 Å². The molecule has 3 heterocycles. The van der Waals surface area contributed by atoms with Crippen LogP contribution in [-0.4, -0.2) is 64.9 Å². The van der Waals surface area contributed by atoms with Crippen molar-refractivity contribution in [3.8, 4) is 0 Å². The van der Waals surface area contributed by atoms with Gasteiger partial charge in [-0.25, -0.2) is 0 Å². The van der Waals surface area contributed by atoms with Crippen molar-refractivity contribution >= 4 is 40.3 Å². The van der Waals surface area contributed by atoms with Crippen LogP contribution in [0.15, 0.2) is 17.4 Å². The Labute approximate surface area is 146 Å². The second-order valence-electron chi connectivity index (χ2n) is 5.59. The number of piperazine rings is 1. The molecule has 1 aromatic heterocycles. The van der Waals surface area contributed by atoms with Crippen molar-refractivity contribution < 1.29 is 0 Å². The van der Waals surface area contributed by atoms with E-state index < -0.39 is 0 Å². The third kappa shape index (κ3) is 3.73. The Morgan fingerprint density at radius 1 is 1.43 bits per heavy atom. The van der Waals surface area contributed by atoms with Crippen molar-refractivity contribution in [3.63, 3.8) is 0 Å². The highest BCUT2D eigenvalue weighted by Gasteiger charge is 2.20. The highest BCUT2D eigenvalue weighted by molar-refractivity contribution is 7.80. The maximum Gasteiger partial charge on any atom is 0.189 e. The van der Waals surface area contributed by atoms with E-state index in [4.69, 9.17) is 23.8 Å². The predicted molar refractivity (Wildman–Crippen MR) is 98.3 cm³/mol. The van der Waals surface area contributed by atoms with Crippen molar-refractivity contribution in [1.82, 2.24) is 20.2 Å². The molecule has 3 rings (SSSR count). The van der Waals surface area contributed by atoms with Crippen LogP contribution < -0.4 is 10.7 Å². The standard InChI is InChI=1S/C15H21ClN6S/c1-2-21-7-9-22(10-8-21)15(23)20-19-12-4-6-17-13-11(16)3-5-18-14(12)13/h3,5,17H,2,4,6-10H2,1H3,(H,20,23)/b19-12-. The van der Waals surface area contributed by atoms with Crippen molar-refractivity contribution in [2.45, 2.75) is 13.3 Å². The number of nitrogens with zero attached hydrogens (tertiary/aromatic N) is 4. The second kappa shape index (κ2) is 7.42. The summed E-state index contributed by atoms with van der Waals surface area (Å²) in [5.41, 5.74) is 5.57. The monoisotopic (exact) mass is 352 g/mol. The van der Waals surface area contributed by atoms with Crippen LogP contribution in [0.2, 0.25) is 5.02 Å². The molecule has 6 nitrogen and oxygen atoms in total. The van der Waals surface area contributed by atoms with Crippen molar-refractivity contribution in [1.29, 1.82) is 0 Å². The number of pyridine rings is 1. The highest BCUT2D eigenvalue weighted by Crippen LogP contribution is 2.28. The van der Waals surface area contributed by atoms with Crippen LogP contribution in [-0.2, 0) is 0 Å². The number of thiocarbonyl (C=S) groups is 1. The predicted octanol–water partition coefficient (Wildman–Crippen LogP) is 1.77. The topological polar surface area (TPSA) is 55.8 Å². The minimum absolute atomic E-state index is 0.667. The fraction of sp³-hybridized carbons (Fsp3) is 0.533. The molecule has 0 aliphatic carbocycles. The van der Waals surface area contributed by atoms with E-state index in [1.54, 1.807) is 12.3 Å². The number of likely N-dealkylation sites (N-methyl/N-ethyl adjacent to an activating group) is 1. The third-order valence-electron chi connectivity index (χ3n) is 4.23. The number of hydrogen-bond acceptors (Lipinski definition) is 5. The number of anilines is 1. The van der Waals surface area contributed by atoms with Crippen LogP contribution in [0.5, 0.6) is 0 Å². The molecule has 0 aromatic carbocycles. The molecule has 124 valence electrons. The second-order valence-corrected chi connectivity index (χ2v) is 6.38. The molecule has 2 aliphatic heterocycles. The first-order valence-corrected chi connectivity index (χ1v) is 8.70. The van der Waals surface area contributed by atoms with E-state index in [1.807, 2.05) is 0 Å². The molecule has 1 saturated heterocycles. The molecule has 0 amide bonds. The number of fused-ring (bicyclic) bond motifs is 1. The van der Waals surface area contributed by atoms with E-state index in [-0.39, 0.29) is 0 Å². The van der Waals surface area contributed by atoms with E-state index in [1.165, 1.54) is 0 Å². The molecule has 0 radical (unpaired) electrons. The maximum atomic E-state index is 6.20. The lowest BCUT2D eigenvalue weighted by Gasteiger charge is -2.35. The lowest BCUT2D eigenvalue weighted by Crippen LogP contribution is -2.50. The van der Waals surface area contributed by atoms with Crippen LogP contribution in [0.4, 0.5) is 5.69 Å². The Morgan fingerprint density at radius 3 is 2.96 bits per heavy atom. The van der Waals surface area contributed by atoms with E-state index in [0.717, 1.165) is 62.8 Å². The van der Waals surface area contributed by atoms with Gasteiger partial charge in [0.1, 0.15) is 5.69 Å². The molecule has 1 fully saturated rings. The van der Waals surface area contributed by atoms with Gasteiger partial charge in [0.05, 0.1) is 16.4 Å². The van der Waals surface area contributed by atoms with Gasteiger partial charge in [-0.05, 0) is 24.8 Å². The summed E-state index contributed by atoms with van der Waals surface area (Å²) in [6, 6.07) is 1.78. The number of hydrazone groups is 1. The summed E-state index contributed by atoms with van der Waals surface area (Å²) in [6.07, 6.45) is 2.49. The van der Waals surface area contributed by atoms with Gasteiger partial charge in [-0.3, -0.25) is 10.4 Å². The summed E-state index contributed by atoms with van der Waals surface area (Å²) in [6.45, 7) is 8.02. The van der Waals surface area contributed by atoms with Crippen LogP contribution >= 0.6 is 23.8 Å². The van der Waals surface area contributed by atoms with Crippen LogP contribution in [0.3, 0.4) is 0 Å². The molecule has 8 heteroatoms. The fourth-order valence-corrected chi connectivity index (χ4v) is 3.25. The molecule has 1 aromatic rings. The van der Waals surface area contributed by atoms with Crippen molar-refractivity contribution in [2.24, 2.45) is 5.10 Å². The first-order chi connectivity index (χ1) is 11.2. The lowest BCUT2D eigenvalue weighted by atomic mass is 10.1. The highest BCUT2D eigenvalue weighted by atomic mass is 35.5. The number of rotatable bonds is 2. The number of nitrogens with one attached hydrogen (secondary N) is 2. The number of halogens is 1. The van der Waals surface area contributed by atoms with Crippen LogP contribution in [0.25, 0.3) is 0 Å². The van der Waals surface area contributed by atoms with E-state index in [0.29, 0.717) is 10.1 Å². The van der Waals surface area contributed by atoms with Crippen molar-refractivity contribution in [2.75, 3.05) is 44.6 Å². The van der Waals surface area contributed by atoms with Gasteiger partial charge in [0.2, 0.25) is 0 Å². The minimum Gasteiger partial charge on any atom is -0.382 e. The Kier molecular flexibility index (Phi) is 5.30. The zero-order valence-corrected chi connectivity index (χ0v) is 14.8. The molecular weight excluding hydrogens is 332 g/mol. The zero-order valence-electron chi connectivity index (χ0n) is 13.2. The molecule has 0 bridgehead atoms. The van der Waals surface area contributed by atoms with Gasteiger partial charge in [0, 0.05) is 45.3 Å². The molecule has 0 saturated carbocycles. The largest absolute Gasteiger partial charge is 0.382 e. The first kappa shape index (κ1) is 16.4. The molecule has 2 N–H and O–H groups in total. The smallest absolute Gasteiger partial charge is 0.189 e. The Morgan fingerprint density at radius 2 is 2.22 bits per heavy atom. The number of aromatic nitrogens is 1. The summed E-state index contributed by atoms with van der Waals surface area (Å²) < 4.78 is 0. The molecule has 0 spiro atoms. The van der Waals surface area contributed by atoms with Crippen LogP contribution in [0.1, 0.15) is 19.0 Å². The molecular formula is C15H21ClN6S. The molecule has 0 unspecified atom stereocenters. The fourth-order valence-electron chi connectivity index (χ4n) is 2.81. The summed E-state index contributed by atoms with van der Waals surface area (Å²) in [4.78, 5) is 8.97. The summed E-state index contributed by atoms with van der Waals surface area (Å²) in [7, 11) is 0. The summed E-state index contributed by atoms with van der Waals surface area (Å²) in [5.74, 6) is 0. The van der Waals surface area contributed by atoms with E-state index >= 15 is 0 Å². The first-order valence-electron chi connectivity index (χ1n) is 7.91. The van der Waals surface area contributed by atoms with E-state index in [2.05, 4.69) is 37.6 Å². The van der Waals surface area contributed by atoms with Gasteiger partial charge in [0.25, 0.3) is 0 Å². The minimum atomic E-state index is 0.667. The molecule has 2 aliphatic rings. The Bertz CT molecular complexity index is 612. The van der Waals surface area contributed by atoms with Gasteiger partial charge in [-0.15, -0.1) is 0 Å². The lowest BCUT2D eigenvalue weighted by molar-refractivity contribution is 0.189. The summed E-state index contributed by atoms with van der Waals surface area (Å²) in [5, 5.41) is 9.10.